The van der Waals surface area contributed by atoms with Gasteiger partial charge in [0.25, 0.3) is 5.91 Å². The molecule has 2 aromatic heterocycles. The molecule has 1 amide bonds. The summed E-state index contributed by atoms with van der Waals surface area (Å²) >= 11 is 1.20. The molecule has 1 aliphatic rings. The van der Waals surface area contributed by atoms with Crippen LogP contribution in [0.4, 0.5) is 5.13 Å². The zero-order valence-corrected chi connectivity index (χ0v) is 13.4. The van der Waals surface area contributed by atoms with E-state index >= 15 is 0 Å². The Morgan fingerprint density at radius 3 is 2.91 bits per heavy atom. The number of hydrogen-bond donors (Lipinski definition) is 3. The number of carbonyl (C=O) groups excluding carboxylic acids is 1. The van der Waals surface area contributed by atoms with Crippen molar-refractivity contribution in [3.8, 4) is 0 Å². The van der Waals surface area contributed by atoms with Crippen molar-refractivity contribution in [3.05, 3.63) is 28.0 Å². The summed E-state index contributed by atoms with van der Waals surface area (Å²) in [6.07, 6.45) is 0.116. The SMILES string of the molecule is Cc1cc(C[C@@H]2CN(C(=O)c3sc(N)nc3C)C[C@@H]2O)n[nH]1. The number of aryl methyl sites for hydroxylation is 2. The summed E-state index contributed by atoms with van der Waals surface area (Å²) in [6.45, 7) is 4.57. The first kappa shape index (κ1) is 15.0. The lowest BCUT2D eigenvalue weighted by Crippen LogP contribution is -2.29. The topological polar surface area (TPSA) is 108 Å². The van der Waals surface area contributed by atoms with E-state index in [-0.39, 0.29) is 11.8 Å². The molecular weight excluding hydrogens is 302 g/mol. The van der Waals surface area contributed by atoms with Crippen molar-refractivity contribution in [2.24, 2.45) is 5.92 Å². The number of amides is 1. The van der Waals surface area contributed by atoms with Gasteiger partial charge in [-0.15, -0.1) is 0 Å². The summed E-state index contributed by atoms with van der Waals surface area (Å²) in [7, 11) is 0. The molecule has 22 heavy (non-hydrogen) atoms. The van der Waals surface area contributed by atoms with Crippen LogP contribution in [0.5, 0.6) is 0 Å². The van der Waals surface area contributed by atoms with Gasteiger partial charge in [-0.25, -0.2) is 4.98 Å². The normalized spacial score (nSPS) is 21.5. The first-order valence-corrected chi connectivity index (χ1v) is 7.97. The summed E-state index contributed by atoms with van der Waals surface area (Å²) in [6, 6.07) is 1.96. The second-order valence-electron chi connectivity index (χ2n) is 5.75. The number of carbonyl (C=O) groups is 1. The number of aliphatic hydroxyl groups is 1. The van der Waals surface area contributed by atoms with Gasteiger partial charge in [0.15, 0.2) is 5.13 Å². The molecule has 118 valence electrons. The molecule has 4 N–H and O–H groups in total. The minimum Gasteiger partial charge on any atom is -0.391 e. The van der Waals surface area contributed by atoms with Crippen molar-refractivity contribution >= 4 is 22.4 Å². The molecule has 0 aromatic carbocycles. The number of nitrogens with zero attached hydrogens (tertiary/aromatic N) is 3. The van der Waals surface area contributed by atoms with Gasteiger partial charge in [0.1, 0.15) is 4.88 Å². The second-order valence-corrected chi connectivity index (χ2v) is 6.78. The van der Waals surface area contributed by atoms with Crippen LogP contribution >= 0.6 is 11.3 Å². The van der Waals surface area contributed by atoms with Gasteiger partial charge in [-0.05, 0) is 26.3 Å². The highest BCUT2D eigenvalue weighted by Crippen LogP contribution is 2.26. The molecule has 1 fully saturated rings. The fourth-order valence-corrected chi connectivity index (χ4v) is 3.63. The Bertz CT molecular complexity index is 695. The van der Waals surface area contributed by atoms with Crippen molar-refractivity contribution in [1.82, 2.24) is 20.1 Å². The lowest BCUT2D eigenvalue weighted by atomic mass is 10.0. The molecule has 2 atom stereocenters. The van der Waals surface area contributed by atoms with Crippen LogP contribution in [0.25, 0.3) is 0 Å². The second kappa shape index (κ2) is 5.69. The minimum atomic E-state index is -0.536. The molecule has 7 nitrogen and oxygen atoms in total. The number of rotatable bonds is 3. The van der Waals surface area contributed by atoms with Gasteiger partial charge >= 0.3 is 0 Å². The Balaban J connectivity index is 1.70. The number of aromatic amines is 1. The molecule has 2 aromatic rings. The fraction of sp³-hybridized carbons (Fsp3) is 0.500. The number of likely N-dealkylation sites (tertiary alicyclic amines) is 1. The van der Waals surface area contributed by atoms with Crippen molar-refractivity contribution in [1.29, 1.82) is 0 Å². The van der Waals surface area contributed by atoms with Crippen molar-refractivity contribution in [2.45, 2.75) is 26.4 Å². The van der Waals surface area contributed by atoms with Gasteiger partial charge in [-0.1, -0.05) is 11.3 Å². The van der Waals surface area contributed by atoms with Gasteiger partial charge in [0, 0.05) is 24.7 Å². The first-order chi connectivity index (χ1) is 10.4. The largest absolute Gasteiger partial charge is 0.391 e. The molecule has 0 aliphatic carbocycles. The van der Waals surface area contributed by atoms with E-state index in [2.05, 4.69) is 15.2 Å². The molecule has 0 spiro atoms. The van der Waals surface area contributed by atoms with Crippen LogP contribution in [0.1, 0.15) is 26.8 Å². The number of anilines is 1. The maximum Gasteiger partial charge on any atom is 0.266 e. The number of H-pyrrole nitrogens is 1. The van der Waals surface area contributed by atoms with Gasteiger partial charge in [-0.2, -0.15) is 5.10 Å². The molecule has 3 rings (SSSR count). The summed E-state index contributed by atoms with van der Waals surface area (Å²) in [5, 5.41) is 17.7. The van der Waals surface area contributed by atoms with E-state index in [0.29, 0.717) is 35.2 Å². The third-order valence-corrected chi connectivity index (χ3v) is 4.91. The number of aliphatic hydroxyl groups excluding tert-OH is 1. The van der Waals surface area contributed by atoms with E-state index in [1.807, 2.05) is 13.0 Å². The average molecular weight is 321 g/mol. The van der Waals surface area contributed by atoms with Crippen LogP contribution in [-0.2, 0) is 6.42 Å². The number of nitrogens with one attached hydrogen (secondary N) is 1. The van der Waals surface area contributed by atoms with Crippen LogP contribution in [0.2, 0.25) is 0 Å². The highest BCUT2D eigenvalue weighted by atomic mass is 32.1. The van der Waals surface area contributed by atoms with Crippen molar-refractivity contribution in [3.63, 3.8) is 0 Å². The predicted octanol–water partition coefficient (Wildman–Crippen LogP) is 0.741. The number of hydrogen-bond acceptors (Lipinski definition) is 6. The first-order valence-electron chi connectivity index (χ1n) is 7.15. The Hall–Kier alpha value is -1.93. The van der Waals surface area contributed by atoms with Crippen LogP contribution in [-0.4, -0.2) is 50.3 Å². The zero-order valence-electron chi connectivity index (χ0n) is 12.5. The van der Waals surface area contributed by atoms with E-state index in [4.69, 9.17) is 5.73 Å². The van der Waals surface area contributed by atoms with Crippen LogP contribution in [0.15, 0.2) is 6.07 Å². The number of nitrogens with two attached hydrogens (primary N) is 1. The zero-order chi connectivity index (χ0) is 15.9. The molecule has 1 saturated heterocycles. The van der Waals surface area contributed by atoms with E-state index < -0.39 is 6.10 Å². The van der Waals surface area contributed by atoms with Gasteiger partial charge in [0.05, 0.1) is 17.5 Å². The molecule has 8 heteroatoms. The van der Waals surface area contributed by atoms with E-state index in [0.717, 1.165) is 11.4 Å². The minimum absolute atomic E-state index is 0.00257. The molecule has 0 unspecified atom stereocenters. The lowest BCUT2D eigenvalue weighted by molar-refractivity contribution is 0.0768. The summed E-state index contributed by atoms with van der Waals surface area (Å²) in [5.41, 5.74) is 8.20. The number of β-amino-alcohol motifs (C(OH)–C–C–N with tert-alkyl or cyclic N) is 1. The molecule has 0 radical (unpaired) electrons. The molecular formula is C14H19N5O2S. The van der Waals surface area contributed by atoms with Crippen LogP contribution < -0.4 is 5.73 Å². The van der Waals surface area contributed by atoms with Gasteiger partial charge < -0.3 is 15.7 Å². The summed E-state index contributed by atoms with van der Waals surface area (Å²) in [4.78, 5) is 18.9. The van der Waals surface area contributed by atoms with E-state index in [1.54, 1.807) is 11.8 Å². The van der Waals surface area contributed by atoms with Crippen molar-refractivity contribution < 1.29 is 9.90 Å². The molecule has 0 saturated carbocycles. The third-order valence-electron chi connectivity index (χ3n) is 3.93. The van der Waals surface area contributed by atoms with Crippen LogP contribution in [0.3, 0.4) is 0 Å². The number of thiazole rings is 1. The molecule has 1 aliphatic heterocycles. The highest BCUT2D eigenvalue weighted by molar-refractivity contribution is 7.17. The Labute approximate surface area is 132 Å². The molecule has 0 bridgehead atoms. The van der Waals surface area contributed by atoms with Gasteiger partial charge in [-0.3, -0.25) is 9.89 Å². The standard InChI is InChI=1S/C14H19N5O2S/c1-7-3-10(18-17-7)4-9-5-19(6-11(9)20)13(21)12-8(2)16-14(15)22-12/h3,9,11,20H,4-6H2,1-2H3,(H2,15,16)(H,17,18)/t9-,11+/m1/s1. The monoisotopic (exact) mass is 321 g/mol. The third kappa shape index (κ3) is 2.84. The number of nitrogen functional groups attached to an aromatic ring is 1. The Morgan fingerprint density at radius 1 is 1.55 bits per heavy atom. The van der Waals surface area contributed by atoms with E-state index in [9.17, 15) is 9.90 Å². The Morgan fingerprint density at radius 2 is 2.32 bits per heavy atom. The lowest BCUT2D eigenvalue weighted by Gasteiger charge is -2.15. The maximum absolute atomic E-state index is 12.5. The van der Waals surface area contributed by atoms with Gasteiger partial charge in [0.2, 0.25) is 0 Å². The number of aromatic nitrogens is 3. The van der Waals surface area contributed by atoms with E-state index in [1.165, 1.54) is 11.3 Å². The predicted molar refractivity (Wildman–Crippen MR) is 83.7 cm³/mol. The quantitative estimate of drug-likeness (QED) is 0.773. The summed E-state index contributed by atoms with van der Waals surface area (Å²) in [5.74, 6) is -0.108. The van der Waals surface area contributed by atoms with Crippen LogP contribution in [0, 0.1) is 19.8 Å². The fourth-order valence-electron chi connectivity index (χ4n) is 2.83. The highest BCUT2D eigenvalue weighted by Gasteiger charge is 2.35. The van der Waals surface area contributed by atoms with Crippen molar-refractivity contribution in [2.75, 3.05) is 18.8 Å². The summed E-state index contributed by atoms with van der Waals surface area (Å²) < 4.78 is 0. The Kier molecular flexibility index (Phi) is 3.88. The maximum atomic E-state index is 12.5. The average Bonchev–Trinajstić information content (AvgIpc) is 3.11. The smallest absolute Gasteiger partial charge is 0.266 e. The molecule has 3 heterocycles.